The molecule has 2 aliphatic rings. The highest BCUT2D eigenvalue weighted by molar-refractivity contribution is 7.88. The van der Waals surface area contributed by atoms with Crippen LogP contribution in [0.5, 0.6) is 5.75 Å². The summed E-state index contributed by atoms with van der Waals surface area (Å²) in [5.74, 6) is 1.28. The Morgan fingerprint density at radius 2 is 1.88 bits per heavy atom. The topological polar surface area (TPSA) is 91.8 Å². The lowest BCUT2D eigenvalue weighted by atomic mass is 10.0. The number of amides is 1. The van der Waals surface area contributed by atoms with E-state index in [1.807, 2.05) is 5.51 Å². The molecule has 3 heterocycles. The molecular formula is C24H28N4O4S2. The Balaban J connectivity index is 1.29. The van der Waals surface area contributed by atoms with Gasteiger partial charge in [-0.15, -0.1) is 11.3 Å². The minimum absolute atomic E-state index is 0.123. The zero-order valence-corrected chi connectivity index (χ0v) is 20.7. The van der Waals surface area contributed by atoms with Crippen LogP contribution in [0.2, 0.25) is 0 Å². The second kappa shape index (κ2) is 9.52. The number of aromatic nitrogens is 1. The Morgan fingerprint density at radius 3 is 2.56 bits per heavy atom. The second-order valence-electron chi connectivity index (χ2n) is 8.88. The van der Waals surface area contributed by atoms with Gasteiger partial charge in [-0.1, -0.05) is 12.1 Å². The van der Waals surface area contributed by atoms with Crippen molar-refractivity contribution in [2.75, 3.05) is 50.5 Å². The van der Waals surface area contributed by atoms with E-state index in [9.17, 15) is 13.2 Å². The Bertz CT molecular complexity index is 1280. The molecule has 1 N–H and O–H groups in total. The van der Waals surface area contributed by atoms with Gasteiger partial charge in [-0.3, -0.25) is 4.79 Å². The van der Waals surface area contributed by atoms with Crippen molar-refractivity contribution in [3.8, 4) is 16.9 Å². The SMILES string of the molecule is CS(=O)(=O)N1CCN(c2ccc(-c3cc(OCC[C@H]4CNC(=O)C4)c4scnc4c3)cc2)CC1. The van der Waals surface area contributed by atoms with Gasteiger partial charge in [0.2, 0.25) is 15.9 Å². The normalized spacial score (nSPS) is 19.5. The van der Waals surface area contributed by atoms with E-state index >= 15 is 0 Å². The third-order valence-electron chi connectivity index (χ3n) is 6.52. The Kier molecular flexibility index (Phi) is 6.46. The summed E-state index contributed by atoms with van der Waals surface area (Å²) >= 11 is 1.57. The number of anilines is 1. The maximum atomic E-state index is 11.8. The van der Waals surface area contributed by atoms with Gasteiger partial charge in [-0.05, 0) is 47.7 Å². The number of thiazole rings is 1. The second-order valence-corrected chi connectivity index (χ2v) is 11.7. The largest absolute Gasteiger partial charge is 0.492 e. The van der Waals surface area contributed by atoms with Gasteiger partial charge in [0, 0.05) is 44.8 Å². The average Bonchev–Trinajstić information content (AvgIpc) is 3.47. The van der Waals surface area contributed by atoms with Gasteiger partial charge in [-0.2, -0.15) is 4.31 Å². The van der Waals surface area contributed by atoms with E-state index in [0.29, 0.717) is 45.1 Å². The number of carbonyl (C=O) groups excluding carboxylic acids is 1. The number of benzene rings is 2. The lowest BCUT2D eigenvalue weighted by Gasteiger charge is -2.34. The monoisotopic (exact) mass is 500 g/mol. The van der Waals surface area contributed by atoms with Crippen molar-refractivity contribution < 1.29 is 17.9 Å². The minimum Gasteiger partial charge on any atom is -0.492 e. The van der Waals surface area contributed by atoms with Gasteiger partial charge < -0.3 is 15.0 Å². The number of ether oxygens (including phenoxy) is 1. The molecule has 0 unspecified atom stereocenters. The highest BCUT2D eigenvalue weighted by Gasteiger charge is 2.24. The fraction of sp³-hybridized carbons (Fsp3) is 0.417. The van der Waals surface area contributed by atoms with Crippen LogP contribution in [0, 0.1) is 5.92 Å². The van der Waals surface area contributed by atoms with E-state index in [4.69, 9.17) is 4.74 Å². The van der Waals surface area contributed by atoms with Crippen molar-refractivity contribution in [3.63, 3.8) is 0 Å². The molecule has 2 aromatic carbocycles. The number of hydrogen-bond acceptors (Lipinski definition) is 7. The Morgan fingerprint density at radius 1 is 1.12 bits per heavy atom. The molecule has 1 amide bonds. The van der Waals surface area contributed by atoms with Crippen LogP contribution in [0.25, 0.3) is 21.3 Å². The lowest BCUT2D eigenvalue weighted by molar-refractivity contribution is -0.119. The molecule has 2 fully saturated rings. The predicted molar refractivity (Wildman–Crippen MR) is 135 cm³/mol. The summed E-state index contributed by atoms with van der Waals surface area (Å²) in [6, 6.07) is 12.5. The van der Waals surface area contributed by atoms with Gasteiger partial charge in [0.25, 0.3) is 0 Å². The van der Waals surface area contributed by atoms with Crippen LogP contribution in [0.15, 0.2) is 41.9 Å². The molecule has 180 valence electrons. The molecule has 1 aromatic heterocycles. The number of carbonyl (C=O) groups is 1. The smallest absolute Gasteiger partial charge is 0.220 e. The number of piperazine rings is 1. The average molecular weight is 501 g/mol. The molecule has 0 spiro atoms. The van der Waals surface area contributed by atoms with Crippen LogP contribution < -0.4 is 15.0 Å². The van der Waals surface area contributed by atoms with E-state index in [2.05, 4.69) is 51.6 Å². The number of nitrogens with zero attached hydrogens (tertiary/aromatic N) is 3. The quantitative estimate of drug-likeness (QED) is 0.536. The highest BCUT2D eigenvalue weighted by Crippen LogP contribution is 2.35. The van der Waals surface area contributed by atoms with Gasteiger partial charge in [-0.25, -0.2) is 13.4 Å². The van der Waals surface area contributed by atoms with Crippen LogP contribution in [0.1, 0.15) is 12.8 Å². The first-order valence-electron chi connectivity index (χ1n) is 11.4. The fourth-order valence-electron chi connectivity index (χ4n) is 4.56. The van der Waals surface area contributed by atoms with Gasteiger partial charge >= 0.3 is 0 Å². The van der Waals surface area contributed by atoms with E-state index < -0.39 is 10.0 Å². The molecule has 1 atom stereocenters. The third kappa shape index (κ3) is 5.03. The summed E-state index contributed by atoms with van der Waals surface area (Å²) in [5, 5.41) is 2.88. The fourth-order valence-corrected chi connectivity index (χ4v) is 6.12. The molecule has 0 radical (unpaired) electrons. The van der Waals surface area contributed by atoms with E-state index in [-0.39, 0.29) is 5.91 Å². The molecule has 0 saturated carbocycles. The summed E-state index contributed by atoms with van der Waals surface area (Å²) in [6.45, 7) is 3.66. The molecule has 8 nitrogen and oxygen atoms in total. The van der Waals surface area contributed by atoms with Crippen molar-refractivity contribution in [1.82, 2.24) is 14.6 Å². The number of hydrogen-bond donors (Lipinski definition) is 1. The van der Waals surface area contributed by atoms with Crippen molar-refractivity contribution in [3.05, 3.63) is 41.9 Å². The zero-order chi connectivity index (χ0) is 23.7. The third-order valence-corrected chi connectivity index (χ3v) is 8.68. The highest BCUT2D eigenvalue weighted by atomic mass is 32.2. The lowest BCUT2D eigenvalue weighted by Crippen LogP contribution is -2.48. The van der Waals surface area contributed by atoms with Crippen molar-refractivity contribution in [2.45, 2.75) is 12.8 Å². The molecule has 5 rings (SSSR count). The Labute approximate surface area is 203 Å². The van der Waals surface area contributed by atoms with Crippen molar-refractivity contribution in [2.24, 2.45) is 5.92 Å². The van der Waals surface area contributed by atoms with Crippen LogP contribution in [-0.4, -0.2) is 69.2 Å². The van der Waals surface area contributed by atoms with Gasteiger partial charge in [0.1, 0.15) is 5.75 Å². The first-order valence-corrected chi connectivity index (χ1v) is 14.2. The number of sulfonamides is 1. The molecule has 0 aliphatic carbocycles. The van der Waals surface area contributed by atoms with Crippen molar-refractivity contribution >= 4 is 43.2 Å². The Hall–Kier alpha value is -2.69. The van der Waals surface area contributed by atoms with Crippen LogP contribution in [-0.2, 0) is 14.8 Å². The molecular weight excluding hydrogens is 472 g/mol. The number of rotatable bonds is 7. The first kappa shape index (κ1) is 23.1. The summed E-state index contributed by atoms with van der Waals surface area (Å²) in [6.07, 6.45) is 2.68. The molecule has 0 bridgehead atoms. The summed E-state index contributed by atoms with van der Waals surface area (Å²) < 4.78 is 32.2. The predicted octanol–water partition coefficient (Wildman–Crippen LogP) is 2.95. The van der Waals surface area contributed by atoms with Crippen LogP contribution >= 0.6 is 11.3 Å². The number of nitrogens with one attached hydrogen (secondary N) is 1. The molecule has 2 saturated heterocycles. The zero-order valence-electron chi connectivity index (χ0n) is 19.1. The molecule has 10 heteroatoms. The molecule has 2 aliphatic heterocycles. The summed E-state index contributed by atoms with van der Waals surface area (Å²) in [4.78, 5) is 18.1. The molecule has 3 aromatic rings. The van der Waals surface area contributed by atoms with Gasteiger partial charge in [0.05, 0.1) is 28.6 Å². The number of fused-ring (bicyclic) bond motifs is 1. The first-order chi connectivity index (χ1) is 16.4. The maximum absolute atomic E-state index is 11.8. The van der Waals surface area contributed by atoms with Crippen molar-refractivity contribution in [1.29, 1.82) is 0 Å². The summed E-state index contributed by atoms with van der Waals surface area (Å²) in [5.41, 5.74) is 5.95. The molecule has 34 heavy (non-hydrogen) atoms. The standard InChI is InChI=1S/C24H28N4O4S2/c1-34(30,31)28-9-7-27(8-10-28)20-4-2-18(3-5-20)19-13-21-24(33-16-26-21)22(14-19)32-11-6-17-12-23(29)25-15-17/h2-5,13-14,16-17H,6-12,15H2,1H3,(H,25,29)/t17-/m1/s1. The maximum Gasteiger partial charge on any atom is 0.220 e. The summed E-state index contributed by atoms with van der Waals surface area (Å²) in [7, 11) is -3.13. The van der Waals surface area contributed by atoms with Crippen LogP contribution in [0.4, 0.5) is 5.69 Å². The van der Waals surface area contributed by atoms with Gasteiger partial charge in [0.15, 0.2) is 0 Å². The minimum atomic E-state index is -3.13. The van der Waals surface area contributed by atoms with Crippen LogP contribution in [0.3, 0.4) is 0 Å². The van der Waals surface area contributed by atoms with E-state index in [1.54, 1.807) is 11.3 Å². The van der Waals surface area contributed by atoms with E-state index in [0.717, 1.165) is 45.7 Å². The van der Waals surface area contributed by atoms with E-state index in [1.165, 1.54) is 10.6 Å².